The van der Waals surface area contributed by atoms with Gasteiger partial charge in [-0.3, -0.25) is 4.79 Å². The molecule has 2 N–H and O–H groups in total. The summed E-state index contributed by atoms with van der Waals surface area (Å²) in [6, 6.07) is 0. The molecule has 0 aliphatic rings. The van der Waals surface area contributed by atoms with E-state index >= 15 is 0 Å². The third-order valence-corrected chi connectivity index (χ3v) is 1.73. The van der Waals surface area contributed by atoms with Crippen LogP contribution in [0.2, 0.25) is 0 Å². The van der Waals surface area contributed by atoms with Crippen molar-refractivity contribution in [3.8, 4) is 0 Å². The van der Waals surface area contributed by atoms with Crippen LogP contribution in [0, 0.1) is 0 Å². The maximum Gasteiger partial charge on any atom is 0.317 e. The quantitative estimate of drug-likeness (QED) is 0.548. The van der Waals surface area contributed by atoms with Crippen molar-refractivity contribution in [2.45, 2.75) is 39.0 Å². The van der Waals surface area contributed by atoms with E-state index in [1.54, 1.807) is 0 Å². The second-order valence-corrected chi connectivity index (χ2v) is 2.98. The fourth-order valence-electron chi connectivity index (χ4n) is 1.05. The van der Waals surface area contributed by atoms with Gasteiger partial charge < -0.3 is 10.4 Å². The molecule has 0 unspecified atom stereocenters. The van der Waals surface area contributed by atoms with Gasteiger partial charge in [-0.2, -0.15) is 0 Å². The molecule has 3 heteroatoms. The van der Waals surface area contributed by atoms with E-state index in [4.69, 9.17) is 5.11 Å². The number of carbonyl (C=O) groups is 1. The summed E-state index contributed by atoms with van der Waals surface area (Å²) in [5, 5.41) is 11.2. The van der Waals surface area contributed by atoms with E-state index in [9.17, 15) is 4.79 Å². The predicted molar refractivity (Wildman–Crippen MR) is 49.3 cm³/mol. The highest BCUT2D eigenvalue weighted by atomic mass is 16.4. The van der Waals surface area contributed by atoms with Crippen LogP contribution in [-0.4, -0.2) is 24.2 Å². The van der Waals surface area contributed by atoms with Gasteiger partial charge in [0.2, 0.25) is 0 Å². The summed E-state index contributed by atoms with van der Waals surface area (Å²) in [6.07, 6.45) is 6.11. The smallest absolute Gasteiger partial charge is 0.317 e. The average Bonchev–Trinajstić information content (AvgIpc) is 2.02. The normalized spacial score (nSPS) is 10.1. The number of carboxylic acids is 1. The SMILES string of the molecule is CCCCCCCNCC(=O)O. The van der Waals surface area contributed by atoms with E-state index in [1.807, 2.05) is 0 Å². The van der Waals surface area contributed by atoms with Crippen molar-refractivity contribution in [3.05, 3.63) is 0 Å². The molecule has 0 saturated carbocycles. The van der Waals surface area contributed by atoms with Crippen LogP contribution >= 0.6 is 0 Å². The van der Waals surface area contributed by atoms with Crippen LogP contribution in [0.3, 0.4) is 0 Å². The Hall–Kier alpha value is -0.570. The van der Waals surface area contributed by atoms with E-state index in [2.05, 4.69) is 12.2 Å². The maximum absolute atomic E-state index is 10.1. The molecule has 3 nitrogen and oxygen atoms in total. The Bertz CT molecular complexity index is 115. The van der Waals surface area contributed by atoms with Gasteiger partial charge in [0.05, 0.1) is 6.54 Å². The number of nitrogens with one attached hydrogen (secondary N) is 1. The van der Waals surface area contributed by atoms with Crippen molar-refractivity contribution in [3.63, 3.8) is 0 Å². The number of unbranched alkanes of at least 4 members (excludes halogenated alkanes) is 4. The third kappa shape index (κ3) is 9.43. The molecule has 0 atom stereocenters. The van der Waals surface area contributed by atoms with Gasteiger partial charge in [0.1, 0.15) is 0 Å². The van der Waals surface area contributed by atoms with Gasteiger partial charge in [0.15, 0.2) is 0 Å². The molecule has 0 aromatic carbocycles. The predicted octanol–water partition coefficient (Wildman–Crippen LogP) is 1.63. The zero-order chi connectivity index (χ0) is 9.23. The van der Waals surface area contributed by atoms with Gasteiger partial charge in [-0.25, -0.2) is 0 Å². The highest BCUT2D eigenvalue weighted by Gasteiger charge is 1.93. The molecule has 0 bridgehead atoms. The van der Waals surface area contributed by atoms with E-state index in [1.165, 1.54) is 25.7 Å². The summed E-state index contributed by atoms with van der Waals surface area (Å²) in [6.45, 7) is 3.10. The summed E-state index contributed by atoms with van der Waals surface area (Å²) < 4.78 is 0. The minimum Gasteiger partial charge on any atom is -0.480 e. The van der Waals surface area contributed by atoms with Crippen molar-refractivity contribution in [2.75, 3.05) is 13.1 Å². The van der Waals surface area contributed by atoms with Gasteiger partial charge in [0, 0.05) is 0 Å². The lowest BCUT2D eigenvalue weighted by Gasteiger charge is -2.00. The van der Waals surface area contributed by atoms with Crippen LogP contribution in [0.1, 0.15) is 39.0 Å². The van der Waals surface area contributed by atoms with Crippen LogP contribution in [0.25, 0.3) is 0 Å². The first-order valence-electron chi connectivity index (χ1n) is 4.70. The minimum absolute atomic E-state index is 0.0910. The van der Waals surface area contributed by atoms with Crippen molar-refractivity contribution in [1.82, 2.24) is 5.32 Å². The monoisotopic (exact) mass is 173 g/mol. The van der Waals surface area contributed by atoms with Gasteiger partial charge in [-0.15, -0.1) is 0 Å². The molecule has 72 valence electrons. The molecule has 0 heterocycles. The first-order chi connectivity index (χ1) is 5.77. The molecule has 0 spiro atoms. The van der Waals surface area contributed by atoms with Gasteiger partial charge >= 0.3 is 5.97 Å². The average molecular weight is 173 g/mol. The molecule has 12 heavy (non-hydrogen) atoms. The molecular weight excluding hydrogens is 154 g/mol. The Morgan fingerprint density at radius 3 is 2.50 bits per heavy atom. The fraction of sp³-hybridized carbons (Fsp3) is 0.889. The van der Waals surface area contributed by atoms with Crippen LogP contribution in [0.5, 0.6) is 0 Å². The van der Waals surface area contributed by atoms with Crippen molar-refractivity contribution in [1.29, 1.82) is 0 Å². The molecule has 0 aromatic heterocycles. The second-order valence-electron chi connectivity index (χ2n) is 2.98. The number of rotatable bonds is 8. The van der Waals surface area contributed by atoms with E-state index in [-0.39, 0.29) is 6.54 Å². The molecule has 0 aliphatic heterocycles. The first kappa shape index (κ1) is 11.4. The number of aliphatic carboxylic acids is 1. The zero-order valence-electron chi connectivity index (χ0n) is 7.81. The molecule has 0 rings (SSSR count). The molecule has 0 saturated heterocycles. The number of hydrogen-bond acceptors (Lipinski definition) is 2. The van der Waals surface area contributed by atoms with Gasteiger partial charge in [-0.1, -0.05) is 32.6 Å². The summed E-state index contributed by atoms with van der Waals surface area (Å²) in [5.41, 5.74) is 0. The van der Waals surface area contributed by atoms with Gasteiger partial charge in [0.25, 0.3) is 0 Å². The number of hydrogen-bond donors (Lipinski definition) is 2. The third-order valence-electron chi connectivity index (χ3n) is 1.73. The lowest BCUT2D eigenvalue weighted by Crippen LogP contribution is -2.23. The lowest BCUT2D eigenvalue weighted by atomic mass is 10.1. The lowest BCUT2D eigenvalue weighted by molar-refractivity contribution is -0.135. The van der Waals surface area contributed by atoms with Gasteiger partial charge in [-0.05, 0) is 13.0 Å². The molecule has 0 amide bonds. The minimum atomic E-state index is -0.774. The largest absolute Gasteiger partial charge is 0.480 e. The highest BCUT2D eigenvalue weighted by molar-refractivity contribution is 5.68. The molecule has 0 fully saturated rings. The fourth-order valence-corrected chi connectivity index (χ4v) is 1.05. The zero-order valence-corrected chi connectivity index (χ0v) is 7.81. The molecule has 0 radical (unpaired) electrons. The topological polar surface area (TPSA) is 49.3 Å². The Labute approximate surface area is 74.2 Å². The Morgan fingerprint density at radius 2 is 1.92 bits per heavy atom. The van der Waals surface area contributed by atoms with E-state index in [0.29, 0.717) is 0 Å². The Balaban J connectivity index is 2.86. The standard InChI is InChI=1S/C9H19NO2/c1-2-3-4-5-6-7-10-8-9(11)12/h10H,2-8H2,1H3,(H,11,12). The van der Waals surface area contributed by atoms with Crippen LogP contribution in [-0.2, 0) is 4.79 Å². The van der Waals surface area contributed by atoms with Crippen molar-refractivity contribution < 1.29 is 9.90 Å². The van der Waals surface area contributed by atoms with E-state index in [0.717, 1.165) is 13.0 Å². The summed E-state index contributed by atoms with van der Waals surface area (Å²) >= 11 is 0. The highest BCUT2D eigenvalue weighted by Crippen LogP contribution is 2.00. The Morgan fingerprint density at radius 1 is 1.25 bits per heavy atom. The maximum atomic E-state index is 10.1. The molecule has 0 aromatic rings. The number of carboxylic acid groups (broad SMARTS) is 1. The van der Waals surface area contributed by atoms with Crippen LogP contribution in [0.4, 0.5) is 0 Å². The van der Waals surface area contributed by atoms with Crippen LogP contribution in [0.15, 0.2) is 0 Å². The van der Waals surface area contributed by atoms with Crippen molar-refractivity contribution >= 4 is 5.97 Å². The molecule has 0 aliphatic carbocycles. The molecular formula is C9H19NO2. The summed E-state index contributed by atoms with van der Waals surface area (Å²) in [5.74, 6) is -0.774. The van der Waals surface area contributed by atoms with E-state index < -0.39 is 5.97 Å². The Kier molecular flexibility index (Phi) is 8.12. The van der Waals surface area contributed by atoms with Crippen LogP contribution < -0.4 is 5.32 Å². The summed E-state index contributed by atoms with van der Waals surface area (Å²) in [7, 11) is 0. The second kappa shape index (κ2) is 8.53. The first-order valence-corrected chi connectivity index (χ1v) is 4.70. The van der Waals surface area contributed by atoms with Crippen molar-refractivity contribution in [2.24, 2.45) is 0 Å². The summed E-state index contributed by atoms with van der Waals surface area (Å²) in [4.78, 5) is 10.1.